The maximum atomic E-state index is 13.3. The molecule has 0 spiro atoms. The van der Waals surface area contributed by atoms with Gasteiger partial charge in [0.25, 0.3) is 0 Å². The summed E-state index contributed by atoms with van der Waals surface area (Å²) in [6, 6.07) is 5.33. The Hall–Kier alpha value is -0.780. The number of halogens is 2. The zero-order valence-electron chi connectivity index (χ0n) is 8.23. The molecule has 1 N–H and O–H groups in total. The van der Waals surface area contributed by atoms with Crippen molar-refractivity contribution in [1.29, 1.82) is 0 Å². The second-order valence-corrected chi connectivity index (χ2v) is 5.87. The average molecular weight is 302 g/mol. The van der Waals surface area contributed by atoms with E-state index in [0.717, 1.165) is 14.9 Å². The highest BCUT2D eigenvalue weighted by atomic mass is 79.9. The standard InChI is InChI=1S/C11H9BrFNOS/c12-11-2-1-7(16-11)5-10(15)8-3-4-14-6-9(8)13/h1-4,6,10,15H,5H2. The van der Waals surface area contributed by atoms with Crippen LogP contribution in [0.25, 0.3) is 0 Å². The van der Waals surface area contributed by atoms with Gasteiger partial charge in [0.05, 0.1) is 16.1 Å². The van der Waals surface area contributed by atoms with Crippen LogP contribution in [0, 0.1) is 5.82 Å². The minimum Gasteiger partial charge on any atom is -0.388 e. The maximum absolute atomic E-state index is 13.3. The molecule has 0 bridgehead atoms. The van der Waals surface area contributed by atoms with Gasteiger partial charge in [-0.25, -0.2) is 4.39 Å². The molecule has 0 radical (unpaired) electrons. The van der Waals surface area contributed by atoms with Gasteiger partial charge in [-0.3, -0.25) is 4.98 Å². The van der Waals surface area contributed by atoms with Crippen molar-refractivity contribution < 1.29 is 9.50 Å². The lowest BCUT2D eigenvalue weighted by Crippen LogP contribution is -2.03. The Morgan fingerprint density at radius 1 is 1.44 bits per heavy atom. The highest BCUT2D eigenvalue weighted by Crippen LogP contribution is 2.27. The zero-order chi connectivity index (χ0) is 11.5. The van der Waals surface area contributed by atoms with Gasteiger partial charge >= 0.3 is 0 Å². The normalized spacial score (nSPS) is 12.7. The summed E-state index contributed by atoms with van der Waals surface area (Å²) < 4.78 is 14.3. The number of rotatable bonds is 3. The predicted octanol–water partition coefficient (Wildman–Crippen LogP) is 3.32. The Labute approximate surface area is 105 Å². The summed E-state index contributed by atoms with van der Waals surface area (Å²) in [4.78, 5) is 4.66. The summed E-state index contributed by atoms with van der Waals surface area (Å²) in [5.41, 5.74) is 0.291. The third-order valence-electron chi connectivity index (χ3n) is 2.19. The molecule has 2 aromatic rings. The van der Waals surface area contributed by atoms with Crippen molar-refractivity contribution in [3.8, 4) is 0 Å². The van der Waals surface area contributed by atoms with Crippen molar-refractivity contribution in [3.63, 3.8) is 0 Å². The quantitative estimate of drug-likeness (QED) is 0.943. The maximum Gasteiger partial charge on any atom is 0.147 e. The monoisotopic (exact) mass is 301 g/mol. The molecule has 0 aliphatic rings. The zero-order valence-corrected chi connectivity index (χ0v) is 10.6. The summed E-state index contributed by atoms with van der Waals surface area (Å²) in [5, 5.41) is 9.89. The van der Waals surface area contributed by atoms with E-state index in [2.05, 4.69) is 20.9 Å². The first-order valence-electron chi connectivity index (χ1n) is 4.68. The molecule has 0 fully saturated rings. The van der Waals surface area contributed by atoms with Crippen molar-refractivity contribution >= 4 is 27.3 Å². The van der Waals surface area contributed by atoms with Gasteiger partial charge in [-0.1, -0.05) is 0 Å². The fourth-order valence-electron chi connectivity index (χ4n) is 1.42. The van der Waals surface area contributed by atoms with Crippen LogP contribution in [0.4, 0.5) is 4.39 Å². The Morgan fingerprint density at radius 3 is 2.88 bits per heavy atom. The number of hydrogen-bond acceptors (Lipinski definition) is 3. The number of aliphatic hydroxyl groups is 1. The van der Waals surface area contributed by atoms with Crippen LogP contribution in [0.3, 0.4) is 0 Å². The van der Waals surface area contributed by atoms with Crippen LogP contribution in [0.15, 0.2) is 34.4 Å². The lowest BCUT2D eigenvalue weighted by Gasteiger charge is -2.09. The topological polar surface area (TPSA) is 33.1 Å². The summed E-state index contributed by atoms with van der Waals surface area (Å²) in [6.45, 7) is 0. The number of pyridine rings is 1. The Bertz CT molecular complexity index is 488. The molecule has 2 aromatic heterocycles. The largest absolute Gasteiger partial charge is 0.388 e. The summed E-state index contributed by atoms with van der Waals surface area (Å²) in [6.07, 6.45) is 2.18. The van der Waals surface area contributed by atoms with Gasteiger partial charge in [0.1, 0.15) is 5.82 Å². The van der Waals surface area contributed by atoms with E-state index in [1.807, 2.05) is 12.1 Å². The fourth-order valence-corrected chi connectivity index (χ4v) is 2.94. The van der Waals surface area contributed by atoms with Crippen LogP contribution in [-0.4, -0.2) is 10.1 Å². The molecule has 2 heterocycles. The molecule has 0 saturated heterocycles. The Balaban J connectivity index is 2.14. The van der Waals surface area contributed by atoms with Gasteiger partial charge in [-0.15, -0.1) is 11.3 Å². The molecule has 0 saturated carbocycles. The molecule has 0 aliphatic carbocycles. The predicted molar refractivity (Wildman–Crippen MR) is 64.9 cm³/mol. The van der Waals surface area contributed by atoms with Gasteiger partial charge < -0.3 is 5.11 Å². The number of aliphatic hydroxyl groups excluding tert-OH is 1. The minimum atomic E-state index is -0.825. The van der Waals surface area contributed by atoms with Gasteiger partial charge in [-0.2, -0.15) is 0 Å². The number of thiophene rings is 1. The van der Waals surface area contributed by atoms with Gasteiger partial charge in [0.2, 0.25) is 0 Å². The van der Waals surface area contributed by atoms with Gasteiger partial charge in [0, 0.05) is 23.1 Å². The minimum absolute atomic E-state index is 0.291. The van der Waals surface area contributed by atoms with Crippen LogP contribution in [0.1, 0.15) is 16.5 Å². The third-order valence-corrected chi connectivity index (χ3v) is 3.83. The van der Waals surface area contributed by atoms with E-state index in [1.54, 1.807) is 0 Å². The van der Waals surface area contributed by atoms with E-state index in [0.29, 0.717) is 12.0 Å². The second kappa shape index (κ2) is 5.03. The molecule has 1 atom stereocenters. The number of nitrogens with zero attached hydrogens (tertiary/aromatic N) is 1. The summed E-state index contributed by atoms with van der Waals surface area (Å²) in [7, 11) is 0. The van der Waals surface area contributed by atoms with E-state index in [-0.39, 0.29) is 0 Å². The molecular formula is C11H9BrFNOS. The molecule has 2 nitrogen and oxygen atoms in total. The third kappa shape index (κ3) is 2.66. The van der Waals surface area contributed by atoms with Crippen molar-refractivity contribution in [2.45, 2.75) is 12.5 Å². The van der Waals surface area contributed by atoms with Crippen molar-refractivity contribution in [2.24, 2.45) is 0 Å². The first-order valence-corrected chi connectivity index (χ1v) is 6.29. The molecule has 0 aliphatic heterocycles. The smallest absolute Gasteiger partial charge is 0.147 e. The van der Waals surface area contributed by atoms with Gasteiger partial charge in [-0.05, 0) is 34.1 Å². The lowest BCUT2D eigenvalue weighted by atomic mass is 10.1. The molecule has 2 rings (SSSR count). The SMILES string of the molecule is OC(Cc1ccc(Br)s1)c1ccncc1F. The highest BCUT2D eigenvalue weighted by molar-refractivity contribution is 9.11. The molecule has 5 heteroatoms. The summed E-state index contributed by atoms with van der Waals surface area (Å²) in [5.74, 6) is -0.467. The second-order valence-electron chi connectivity index (χ2n) is 3.32. The Kier molecular flexibility index (Phi) is 3.68. The van der Waals surface area contributed by atoms with Crippen LogP contribution in [0.5, 0.6) is 0 Å². The van der Waals surface area contributed by atoms with Crippen LogP contribution >= 0.6 is 27.3 Å². The van der Waals surface area contributed by atoms with Crippen molar-refractivity contribution in [1.82, 2.24) is 4.98 Å². The highest BCUT2D eigenvalue weighted by Gasteiger charge is 2.14. The molecular weight excluding hydrogens is 293 g/mol. The van der Waals surface area contributed by atoms with Crippen molar-refractivity contribution in [2.75, 3.05) is 0 Å². The first kappa shape index (κ1) is 11.7. The molecule has 0 amide bonds. The lowest BCUT2D eigenvalue weighted by molar-refractivity contribution is 0.174. The molecule has 16 heavy (non-hydrogen) atoms. The van der Waals surface area contributed by atoms with Crippen LogP contribution in [-0.2, 0) is 6.42 Å². The van der Waals surface area contributed by atoms with E-state index in [1.165, 1.54) is 23.6 Å². The fraction of sp³-hybridized carbons (Fsp3) is 0.182. The van der Waals surface area contributed by atoms with E-state index >= 15 is 0 Å². The molecule has 0 aromatic carbocycles. The van der Waals surface area contributed by atoms with Crippen LogP contribution in [0.2, 0.25) is 0 Å². The first-order chi connectivity index (χ1) is 7.66. The van der Waals surface area contributed by atoms with E-state index < -0.39 is 11.9 Å². The number of hydrogen-bond donors (Lipinski definition) is 1. The summed E-state index contributed by atoms with van der Waals surface area (Å²) >= 11 is 4.88. The van der Waals surface area contributed by atoms with Gasteiger partial charge in [0.15, 0.2) is 0 Å². The molecule has 1 unspecified atom stereocenters. The van der Waals surface area contributed by atoms with Crippen LogP contribution < -0.4 is 0 Å². The number of aromatic nitrogens is 1. The van der Waals surface area contributed by atoms with E-state index in [9.17, 15) is 9.50 Å². The Morgan fingerprint density at radius 2 is 2.25 bits per heavy atom. The average Bonchev–Trinajstić information content (AvgIpc) is 2.64. The van der Waals surface area contributed by atoms with Crippen molar-refractivity contribution in [3.05, 3.63) is 50.6 Å². The molecule has 84 valence electrons. The van der Waals surface area contributed by atoms with E-state index in [4.69, 9.17) is 0 Å².